The van der Waals surface area contributed by atoms with E-state index in [1.807, 2.05) is 29.6 Å². The molecule has 2 aliphatic rings. The molecule has 6 nitrogen and oxygen atoms in total. The predicted octanol–water partition coefficient (Wildman–Crippen LogP) is 3.50. The predicted molar refractivity (Wildman–Crippen MR) is 104 cm³/mol. The topological polar surface area (TPSA) is 64.7 Å². The molecule has 1 aromatic heterocycles. The van der Waals surface area contributed by atoms with Crippen LogP contribution in [-0.2, 0) is 0 Å². The summed E-state index contributed by atoms with van der Waals surface area (Å²) in [6, 6.07) is 7.35. The second kappa shape index (κ2) is 6.74. The molecular formula is C19H22N4O2S. The number of thiophene rings is 1. The van der Waals surface area contributed by atoms with Gasteiger partial charge < -0.3 is 15.5 Å². The molecule has 7 heteroatoms. The molecule has 0 bridgehead atoms. The maximum absolute atomic E-state index is 13.2. The Hall–Kier alpha value is -2.38. The van der Waals surface area contributed by atoms with E-state index in [1.54, 1.807) is 10.3 Å². The van der Waals surface area contributed by atoms with Crippen LogP contribution in [-0.4, -0.2) is 43.0 Å². The van der Waals surface area contributed by atoms with Crippen LogP contribution in [0.25, 0.3) is 0 Å². The Morgan fingerprint density at radius 3 is 2.88 bits per heavy atom. The highest BCUT2D eigenvalue weighted by Crippen LogP contribution is 2.39. The fraction of sp³-hybridized carbons (Fsp3) is 0.368. The van der Waals surface area contributed by atoms with Crippen LogP contribution in [0.4, 0.5) is 21.9 Å². The standard InChI is InChI=1S/C19H22N4O2S/c1-12-9-22(2)8-7-14(12)21-19(25)23-16-6-4-3-5-15(16)20-18(24)13-10-26-11-17(13)23/h3-6,10-12,14H,7-9H2,1-2H3,(H,20,24)(H,21,25)/t12-,14-/m1/s1. The molecule has 1 aromatic carbocycles. The number of likely N-dealkylation sites (tertiary alicyclic amines) is 1. The normalized spacial score (nSPS) is 22.8. The summed E-state index contributed by atoms with van der Waals surface area (Å²) in [4.78, 5) is 29.7. The summed E-state index contributed by atoms with van der Waals surface area (Å²) in [6.45, 7) is 4.10. The zero-order valence-electron chi connectivity index (χ0n) is 14.9. The molecular weight excluding hydrogens is 348 g/mol. The highest BCUT2D eigenvalue weighted by molar-refractivity contribution is 7.08. The number of fused-ring (bicyclic) bond motifs is 2. The van der Waals surface area contributed by atoms with Gasteiger partial charge in [-0.15, -0.1) is 11.3 Å². The molecule has 136 valence electrons. The third-order valence-corrected chi connectivity index (χ3v) is 5.87. The molecule has 2 N–H and O–H groups in total. The van der Waals surface area contributed by atoms with Crippen LogP contribution in [0.15, 0.2) is 35.0 Å². The summed E-state index contributed by atoms with van der Waals surface area (Å²) in [5, 5.41) is 9.75. The lowest BCUT2D eigenvalue weighted by Gasteiger charge is -2.36. The maximum Gasteiger partial charge on any atom is 0.326 e. The number of hydrogen-bond donors (Lipinski definition) is 2. The molecule has 4 rings (SSSR count). The quantitative estimate of drug-likeness (QED) is 0.807. The molecule has 2 atom stereocenters. The van der Waals surface area contributed by atoms with E-state index in [9.17, 15) is 9.59 Å². The first-order chi connectivity index (χ1) is 12.5. The first-order valence-electron chi connectivity index (χ1n) is 8.80. The van der Waals surface area contributed by atoms with Crippen LogP contribution < -0.4 is 15.5 Å². The monoisotopic (exact) mass is 370 g/mol. The smallest absolute Gasteiger partial charge is 0.326 e. The molecule has 2 aromatic rings. The van der Waals surface area contributed by atoms with E-state index in [2.05, 4.69) is 29.5 Å². The lowest BCUT2D eigenvalue weighted by Crippen LogP contribution is -2.51. The molecule has 3 amide bonds. The van der Waals surface area contributed by atoms with E-state index in [-0.39, 0.29) is 18.0 Å². The number of nitrogens with one attached hydrogen (secondary N) is 2. The van der Waals surface area contributed by atoms with E-state index in [0.29, 0.717) is 28.5 Å². The van der Waals surface area contributed by atoms with Gasteiger partial charge in [0.25, 0.3) is 5.91 Å². The highest BCUT2D eigenvalue weighted by atomic mass is 32.1. The molecule has 1 fully saturated rings. The summed E-state index contributed by atoms with van der Waals surface area (Å²) >= 11 is 1.42. The second-order valence-corrected chi connectivity index (χ2v) is 7.81. The third kappa shape index (κ3) is 2.97. The SMILES string of the molecule is C[C@@H]1CN(C)CC[C@H]1NC(=O)N1c2ccccc2NC(=O)c2cscc21. The first kappa shape index (κ1) is 17.1. The minimum atomic E-state index is -0.185. The molecule has 3 heterocycles. The summed E-state index contributed by atoms with van der Waals surface area (Å²) < 4.78 is 0. The van der Waals surface area contributed by atoms with Crippen molar-refractivity contribution in [1.82, 2.24) is 10.2 Å². The minimum Gasteiger partial charge on any atom is -0.334 e. The molecule has 0 radical (unpaired) electrons. The largest absolute Gasteiger partial charge is 0.334 e. The number of piperidine rings is 1. The van der Waals surface area contributed by atoms with Crippen molar-refractivity contribution >= 4 is 40.3 Å². The molecule has 0 aliphatic carbocycles. The van der Waals surface area contributed by atoms with Gasteiger partial charge in [-0.25, -0.2) is 4.79 Å². The van der Waals surface area contributed by atoms with Crippen molar-refractivity contribution in [1.29, 1.82) is 0 Å². The Balaban J connectivity index is 1.68. The summed E-state index contributed by atoms with van der Waals surface area (Å²) in [7, 11) is 2.11. The van der Waals surface area contributed by atoms with Crippen molar-refractivity contribution in [3.05, 3.63) is 40.6 Å². The number of urea groups is 1. The highest BCUT2D eigenvalue weighted by Gasteiger charge is 2.33. The number of para-hydroxylation sites is 2. The van der Waals surface area contributed by atoms with Gasteiger partial charge in [0.2, 0.25) is 0 Å². The number of benzene rings is 1. The zero-order valence-corrected chi connectivity index (χ0v) is 15.7. The van der Waals surface area contributed by atoms with Gasteiger partial charge in [0.1, 0.15) is 0 Å². The third-order valence-electron chi connectivity index (χ3n) is 5.14. The summed E-state index contributed by atoms with van der Waals surface area (Å²) in [5.41, 5.74) is 2.50. The number of amides is 3. The molecule has 0 spiro atoms. The average Bonchev–Trinajstić information content (AvgIpc) is 3.04. The zero-order chi connectivity index (χ0) is 18.3. The van der Waals surface area contributed by atoms with Crippen LogP contribution in [0, 0.1) is 5.92 Å². The van der Waals surface area contributed by atoms with E-state index < -0.39 is 0 Å². The molecule has 0 unspecified atom stereocenters. The van der Waals surface area contributed by atoms with Gasteiger partial charge in [0.15, 0.2) is 0 Å². The van der Waals surface area contributed by atoms with Gasteiger partial charge in [-0.05, 0) is 38.1 Å². The summed E-state index contributed by atoms with van der Waals surface area (Å²) in [6.07, 6.45) is 0.923. The van der Waals surface area contributed by atoms with E-state index in [4.69, 9.17) is 0 Å². The summed E-state index contributed by atoms with van der Waals surface area (Å²) in [5.74, 6) is 0.193. The van der Waals surface area contributed by atoms with Crippen LogP contribution in [0.5, 0.6) is 0 Å². The van der Waals surface area contributed by atoms with Crippen LogP contribution in [0.1, 0.15) is 23.7 Å². The van der Waals surface area contributed by atoms with E-state index >= 15 is 0 Å². The lowest BCUT2D eigenvalue weighted by molar-refractivity contribution is 0.102. The molecule has 0 saturated carbocycles. The minimum absolute atomic E-state index is 0.125. The molecule has 1 saturated heterocycles. The van der Waals surface area contributed by atoms with Crippen molar-refractivity contribution in [2.24, 2.45) is 5.92 Å². The second-order valence-electron chi connectivity index (χ2n) is 7.06. The molecule has 2 aliphatic heterocycles. The Labute approximate surface area is 156 Å². The Bertz CT molecular complexity index is 850. The number of anilines is 3. The number of carbonyl (C=O) groups is 2. The van der Waals surface area contributed by atoms with Gasteiger partial charge >= 0.3 is 6.03 Å². The lowest BCUT2D eigenvalue weighted by atomic mass is 9.94. The van der Waals surface area contributed by atoms with E-state index in [0.717, 1.165) is 19.5 Å². The Kier molecular flexibility index (Phi) is 4.42. The Morgan fingerprint density at radius 2 is 2.08 bits per heavy atom. The van der Waals surface area contributed by atoms with Gasteiger partial charge in [-0.3, -0.25) is 9.69 Å². The van der Waals surface area contributed by atoms with Crippen LogP contribution in [0.2, 0.25) is 0 Å². The average molecular weight is 370 g/mol. The van der Waals surface area contributed by atoms with Crippen molar-refractivity contribution in [3.63, 3.8) is 0 Å². The van der Waals surface area contributed by atoms with Crippen molar-refractivity contribution in [2.75, 3.05) is 30.4 Å². The van der Waals surface area contributed by atoms with Gasteiger partial charge in [-0.2, -0.15) is 0 Å². The van der Waals surface area contributed by atoms with Crippen molar-refractivity contribution in [3.8, 4) is 0 Å². The van der Waals surface area contributed by atoms with E-state index in [1.165, 1.54) is 11.3 Å². The van der Waals surface area contributed by atoms with Gasteiger partial charge in [0.05, 0.1) is 22.6 Å². The van der Waals surface area contributed by atoms with Gasteiger partial charge in [0, 0.05) is 23.3 Å². The maximum atomic E-state index is 13.2. The van der Waals surface area contributed by atoms with Crippen molar-refractivity contribution < 1.29 is 9.59 Å². The van der Waals surface area contributed by atoms with Crippen LogP contribution in [0.3, 0.4) is 0 Å². The molecule has 26 heavy (non-hydrogen) atoms. The fourth-order valence-corrected chi connectivity index (χ4v) is 4.53. The Morgan fingerprint density at radius 1 is 1.27 bits per heavy atom. The van der Waals surface area contributed by atoms with Gasteiger partial charge in [-0.1, -0.05) is 19.1 Å². The van der Waals surface area contributed by atoms with Crippen molar-refractivity contribution in [2.45, 2.75) is 19.4 Å². The number of rotatable bonds is 1. The van der Waals surface area contributed by atoms with Crippen LogP contribution >= 0.6 is 11.3 Å². The fourth-order valence-electron chi connectivity index (χ4n) is 3.74. The number of hydrogen-bond acceptors (Lipinski definition) is 4. The first-order valence-corrected chi connectivity index (χ1v) is 9.74. The number of nitrogens with zero attached hydrogens (tertiary/aromatic N) is 2. The number of carbonyl (C=O) groups excluding carboxylic acids is 2.